The molecule has 0 unspecified atom stereocenters. The molecule has 0 aliphatic heterocycles. The monoisotopic (exact) mass is 381 g/mol. The summed E-state index contributed by atoms with van der Waals surface area (Å²) in [7, 11) is 0. The van der Waals surface area contributed by atoms with Crippen molar-refractivity contribution in [2.75, 3.05) is 12.3 Å². The van der Waals surface area contributed by atoms with Gasteiger partial charge in [-0.2, -0.15) is 13.2 Å². The quantitative estimate of drug-likeness (QED) is 0.626. The van der Waals surface area contributed by atoms with E-state index in [0.29, 0.717) is 23.8 Å². The molecule has 4 bridgehead atoms. The topological polar surface area (TPSA) is 69.4 Å². The minimum absolute atomic E-state index is 0.0881. The number of alkyl halides is 3. The van der Waals surface area contributed by atoms with Crippen LogP contribution < -0.4 is 5.73 Å². The van der Waals surface area contributed by atoms with Crippen LogP contribution in [0.2, 0.25) is 0 Å². The van der Waals surface area contributed by atoms with E-state index in [1.165, 1.54) is 19.3 Å². The lowest BCUT2D eigenvalue weighted by molar-refractivity contribution is -0.147. The van der Waals surface area contributed by atoms with Gasteiger partial charge in [-0.1, -0.05) is 0 Å². The molecule has 0 heterocycles. The van der Waals surface area contributed by atoms with Gasteiger partial charge in [0.1, 0.15) is 0 Å². The molecule has 4 aliphatic rings. The Hall–Kier alpha value is -2.05. The summed E-state index contributed by atoms with van der Waals surface area (Å²) < 4.78 is 43.8. The van der Waals surface area contributed by atoms with Crippen LogP contribution in [0.5, 0.6) is 0 Å². The number of rotatable bonds is 4. The van der Waals surface area contributed by atoms with Gasteiger partial charge in [0.05, 0.1) is 11.1 Å². The number of Topliss-reactive ketones (excluding diaryl/α,β-unsaturated/α-hetero) is 1. The molecule has 27 heavy (non-hydrogen) atoms. The molecule has 4 aliphatic carbocycles. The molecule has 1 aromatic carbocycles. The van der Waals surface area contributed by atoms with Crippen molar-refractivity contribution in [3.8, 4) is 0 Å². The summed E-state index contributed by atoms with van der Waals surface area (Å²) >= 11 is 0. The molecule has 2 N–H and O–H groups in total. The lowest BCUT2D eigenvalue weighted by Crippen LogP contribution is -2.51. The smallest absolute Gasteiger partial charge is 0.416 e. The Morgan fingerprint density at radius 3 is 2.11 bits per heavy atom. The average molecular weight is 381 g/mol. The molecule has 5 rings (SSSR count). The van der Waals surface area contributed by atoms with Crippen molar-refractivity contribution in [2.24, 2.45) is 23.2 Å². The van der Waals surface area contributed by atoms with Gasteiger partial charge >= 0.3 is 12.1 Å². The number of hydrogen-bond acceptors (Lipinski definition) is 4. The number of ketones is 1. The van der Waals surface area contributed by atoms with Crippen LogP contribution in [0.3, 0.4) is 0 Å². The number of nitrogens with two attached hydrogens (primary N) is 1. The molecule has 4 saturated carbocycles. The number of carbonyl (C=O) groups excluding carboxylic acids is 2. The van der Waals surface area contributed by atoms with E-state index in [2.05, 4.69) is 0 Å². The van der Waals surface area contributed by atoms with Crippen molar-refractivity contribution < 1.29 is 27.5 Å². The molecular weight excluding hydrogens is 359 g/mol. The highest BCUT2D eigenvalue weighted by molar-refractivity contribution is 5.94. The van der Waals surface area contributed by atoms with Crippen LogP contribution >= 0.6 is 0 Å². The molecule has 4 nitrogen and oxygen atoms in total. The van der Waals surface area contributed by atoms with Crippen molar-refractivity contribution in [1.82, 2.24) is 0 Å². The second-order valence-corrected chi connectivity index (χ2v) is 8.54. The Kier molecular flexibility index (Phi) is 4.24. The Balaban J connectivity index is 1.44. The lowest BCUT2D eigenvalue weighted by atomic mass is 9.48. The summed E-state index contributed by atoms with van der Waals surface area (Å²) in [5.74, 6) is 0.707. The maximum absolute atomic E-state index is 12.9. The normalized spacial score (nSPS) is 31.7. The predicted octanol–water partition coefficient (Wildman–Crippen LogP) is 4.23. The second kappa shape index (κ2) is 6.24. The first-order valence-electron chi connectivity index (χ1n) is 9.33. The molecule has 0 radical (unpaired) electrons. The van der Waals surface area contributed by atoms with E-state index in [-0.39, 0.29) is 23.6 Å². The molecule has 4 fully saturated rings. The Bertz CT molecular complexity index is 752. The van der Waals surface area contributed by atoms with Crippen LogP contribution in [0.4, 0.5) is 18.9 Å². The van der Waals surface area contributed by atoms with Gasteiger partial charge in [-0.15, -0.1) is 0 Å². The van der Waals surface area contributed by atoms with E-state index in [4.69, 9.17) is 10.5 Å². The molecule has 7 heteroatoms. The fourth-order valence-electron chi connectivity index (χ4n) is 5.75. The highest BCUT2D eigenvalue weighted by atomic mass is 19.4. The molecule has 1 aromatic rings. The van der Waals surface area contributed by atoms with Crippen molar-refractivity contribution in [1.29, 1.82) is 0 Å². The number of ether oxygens (including phenoxy) is 1. The summed E-state index contributed by atoms with van der Waals surface area (Å²) in [6.07, 6.45) is 1.52. The van der Waals surface area contributed by atoms with Crippen LogP contribution in [0, 0.1) is 23.2 Å². The summed E-state index contributed by atoms with van der Waals surface area (Å²) in [6.45, 7) is -0.388. The van der Waals surface area contributed by atoms with Gasteiger partial charge in [0.2, 0.25) is 0 Å². The van der Waals surface area contributed by atoms with Crippen LogP contribution in [-0.2, 0) is 15.7 Å². The molecule has 0 aromatic heterocycles. The zero-order valence-corrected chi connectivity index (χ0v) is 14.8. The molecule has 0 amide bonds. The maximum Gasteiger partial charge on any atom is 0.416 e. The predicted molar refractivity (Wildman–Crippen MR) is 91.8 cm³/mol. The number of hydrogen-bond donors (Lipinski definition) is 1. The van der Waals surface area contributed by atoms with Gasteiger partial charge in [-0.05, 0) is 74.5 Å². The fourth-order valence-corrected chi connectivity index (χ4v) is 5.75. The molecular formula is C20H22F3NO3. The largest absolute Gasteiger partial charge is 0.454 e. The Labute approximate surface area is 155 Å². The van der Waals surface area contributed by atoms with E-state index in [1.54, 1.807) is 0 Å². The first-order valence-corrected chi connectivity index (χ1v) is 9.33. The van der Waals surface area contributed by atoms with Crippen LogP contribution in [0.15, 0.2) is 18.2 Å². The number of anilines is 1. The van der Waals surface area contributed by atoms with Gasteiger partial charge in [0.25, 0.3) is 0 Å². The minimum Gasteiger partial charge on any atom is -0.454 e. The van der Waals surface area contributed by atoms with Crippen molar-refractivity contribution in [3.63, 3.8) is 0 Å². The summed E-state index contributed by atoms with van der Waals surface area (Å²) in [4.78, 5) is 25.1. The van der Waals surface area contributed by atoms with Crippen LogP contribution in [-0.4, -0.2) is 18.4 Å². The lowest BCUT2D eigenvalue weighted by Gasteiger charge is -2.55. The van der Waals surface area contributed by atoms with Crippen molar-refractivity contribution >= 4 is 17.4 Å². The minimum atomic E-state index is -4.61. The third-order valence-electron chi connectivity index (χ3n) is 6.48. The van der Waals surface area contributed by atoms with E-state index < -0.39 is 23.1 Å². The van der Waals surface area contributed by atoms with Gasteiger partial charge in [0.15, 0.2) is 12.4 Å². The molecule has 146 valence electrons. The number of esters is 1. The van der Waals surface area contributed by atoms with E-state index in [0.717, 1.165) is 31.4 Å². The number of benzene rings is 1. The zero-order chi connectivity index (χ0) is 19.4. The zero-order valence-electron chi connectivity index (χ0n) is 14.8. The van der Waals surface area contributed by atoms with Crippen molar-refractivity contribution in [3.05, 3.63) is 29.3 Å². The Morgan fingerprint density at radius 1 is 1.04 bits per heavy atom. The SMILES string of the molecule is Nc1cc(C(=O)OCC(=O)C23CC4CC(CC(C4)C2)C3)cc(C(F)(F)F)c1. The molecule has 0 spiro atoms. The standard InChI is InChI=1S/C20H22F3NO3/c21-20(22,23)15-4-14(5-16(24)6-15)18(26)27-10-17(25)19-7-11-1-12(8-19)3-13(2-11)9-19/h4-6,11-13H,1-3,7-10,24H2. The number of halogens is 3. The van der Waals surface area contributed by atoms with Crippen LogP contribution in [0.25, 0.3) is 0 Å². The maximum atomic E-state index is 12.9. The summed E-state index contributed by atoms with van der Waals surface area (Å²) in [6, 6.07) is 2.60. The first-order chi connectivity index (χ1) is 12.6. The van der Waals surface area contributed by atoms with Crippen molar-refractivity contribution in [2.45, 2.75) is 44.7 Å². The third kappa shape index (κ3) is 3.44. The highest BCUT2D eigenvalue weighted by Gasteiger charge is 2.54. The van der Waals surface area contributed by atoms with Gasteiger partial charge in [0, 0.05) is 11.1 Å². The molecule has 0 atom stereocenters. The average Bonchev–Trinajstić information content (AvgIpc) is 2.56. The summed E-state index contributed by atoms with van der Waals surface area (Å²) in [5.41, 5.74) is 3.60. The van der Waals surface area contributed by atoms with Gasteiger partial charge in [-0.25, -0.2) is 4.79 Å². The van der Waals surface area contributed by atoms with Crippen LogP contribution in [0.1, 0.15) is 54.4 Å². The third-order valence-corrected chi connectivity index (χ3v) is 6.48. The Morgan fingerprint density at radius 2 is 1.59 bits per heavy atom. The highest BCUT2D eigenvalue weighted by Crippen LogP contribution is 2.60. The fraction of sp³-hybridized carbons (Fsp3) is 0.600. The second-order valence-electron chi connectivity index (χ2n) is 8.54. The van der Waals surface area contributed by atoms with Gasteiger partial charge < -0.3 is 10.5 Å². The van der Waals surface area contributed by atoms with E-state index in [1.807, 2.05) is 0 Å². The summed E-state index contributed by atoms with van der Waals surface area (Å²) in [5, 5.41) is 0. The number of nitrogen functional groups attached to an aromatic ring is 1. The van der Waals surface area contributed by atoms with E-state index in [9.17, 15) is 22.8 Å². The molecule has 0 saturated heterocycles. The van der Waals surface area contributed by atoms with E-state index >= 15 is 0 Å². The van der Waals surface area contributed by atoms with Gasteiger partial charge in [-0.3, -0.25) is 4.79 Å². The first kappa shape index (κ1) is 18.3. The number of carbonyl (C=O) groups is 2.